The molecule has 0 amide bonds. The molecule has 0 atom stereocenters. The Morgan fingerprint density at radius 2 is 2.20 bits per heavy atom. The van der Waals surface area contributed by atoms with Crippen LogP contribution >= 0.6 is 22.9 Å². The summed E-state index contributed by atoms with van der Waals surface area (Å²) >= 11 is 7.44. The minimum absolute atomic E-state index is 0.0661. The zero-order valence-corrected chi connectivity index (χ0v) is 12.0. The van der Waals surface area contributed by atoms with E-state index in [0.29, 0.717) is 15.0 Å². The summed E-state index contributed by atoms with van der Waals surface area (Å²) in [5.41, 5.74) is 0.791. The number of halogens is 1. The predicted octanol–water partition coefficient (Wildman–Crippen LogP) is 2.68. The van der Waals surface area contributed by atoms with Gasteiger partial charge in [0.25, 0.3) is 5.82 Å². The molecule has 3 aromatic rings. The highest BCUT2D eigenvalue weighted by Gasteiger charge is 2.20. The molecule has 0 unspecified atom stereocenters. The van der Waals surface area contributed by atoms with E-state index < -0.39 is 5.97 Å². The second-order valence-electron chi connectivity index (χ2n) is 3.83. The van der Waals surface area contributed by atoms with Gasteiger partial charge in [-0.1, -0.05) is 41.1 Å². The first-order valence-electron chi connectivity index (χ1n) is 5.85. The maximum Gasteiger partial charge on any atom is 0.378 e. The lowest BCUT2D eigenvalue weighted by Crippen LogP contribution is -2.10. The van der Waals surface area contributed by atoms with Crippen molar-refractivity contribution in [3.05, 3.63) is 35.1 Å². The number of carbonyl (C=O) groups excluding carboxylic acids is 1. The minimum atomic E-state index is -0.545. The molecule has 0 fully saturated rings. The summed E-state index contributed by atoms with van der Waals surface area (Å²) in [4.78, 5) is 12.2. The van der Waals surface area contributed by atoms with Gasteiger partial charge in [0.2, 0.25) is 4.96 Å². The van der Waals surface area contributed by atoms with Gasteiger partial charge < -0.3 is 4.74 Å². The molecule has 0 saturated heterocycles. The summed E-state index contributed by atoms with van der Waals surface area (Å²) < 4.78 is 6.29. The SMILES string of the molecule is CCOC(=O)c1nnc2sc(-c3ccccc3Cl)nn12. The molecule has 0 radical (unpaired) electrons. The summed E-state index contributed by atoms with van der Waals surface area (Å²) in [5.74, 6) is -0.479. The molecule has 0 saturated carbocycles. The fourth-order valence-corrected chi connectivity index (χ4v) is 2.84. The number of fused-ring (bicyclic) bond motifs is 1. The third kappa shape index (κ3) is 2.14. The van der Waals surface area contributed by atoms with Gasteiger partial charge in [-0.15, -0.1) is 10.2 Å². The van der Waals surface area contributed by atoms with Crippen molar-refractivity contribution in [1.29, 1.82) is 0 Å². The Morgan fingerprint density at radius 3 is 2.95 bits per heavy atom. The minimum Gasteiger partial charge on any atom is -0.460 e. The van der Waals surface area contributed by atoms with E-state index in [1.807, 2.05) is 18.2 Å². The van der Waals surface area contributed by atoms with Gasteiger partial charge in [-0.3, -0.25) is 0 Å². The molecule has 6 nitrogen and oxygen atoms in total. The number of hydrogen-bond acceptors (Lipinski definition) is 6. The van der Waals surface area contributed by atoms with E-state index in [2.05, 4.69) is 15.3 Å². The van der Waals surface area contributed by atoms with Gasteiger partial charge >= 0.3 is 5.97 Å². The van der Waals surface area contributed by atoms with Crippen molar-refractivity contribution in [2.24, 2.45) is 0 Å². The van der Waals surface area contributed by atoms with E-state index in [1.165, 1.54) is 15.9 Å². The highest BCUT2D eigenvalue weighted by atomic mass is 35.5. The lowest BCUT2D eigenvalue weighted by atomic mass is 10.2. The number of hydrogen-bond donors (Lipinski definition) is 0. The van der Waals surface area contributed by atoms with Gasteiger partial charge in [-0.25, -0.2) is 4.79 Å². The Bertz CT molecular complexity index is 783. The van der Waals surface area contributed by atoms with Crippen LogP contribution < -0.4 is 0 Å². The molecule has 20 heavy (non-hydrogen) atoms. The van der Waals surface area contributed by atoms with Crippen LogP contribution in [0.5, 0.6) is 0 Å². The van der Waals surface area contributed by atoms with Crippen LogP contribution in [0.15, 0.2) is 24.3 Å². The summed E-state index contributed by atoms with van der Waals surface area (Å²) in [6.45, 7) is 2.00. The number of carbonyl (C=O) groups is 1. The Balaban J connectivity index is 2.08. The molecule has 0 spiro atoms. The molecule has 3 rings (SSSR count). The van der Waals surface area contributed by atoms with Crippen LogP contribution in [0.25, 0.3) is 15.5 Å². The molecule has 0 N–H and O–H groups in total. The maximum atomic E-state index is 11.7. The Hall–Kier alpha value is -1.99. The molecule has 1 aromatic carbocycles. The van der Waals surface area contributed by atoms with Crippen molar-refractivity contribution in [1.82, 2.24) is 19.8 Å². The van der Waals surface area contributed by atoms with Gasteiger partial charge in [-0.05, 0) is 13.0 Å². The second kappa shape index (κ2) is 5.18. The van der Waals surface area contributed by atoms with E-state index in [9.17, 15) is 4.79 Å². The molecule has 8 heteroatoms. The summed E-state index contributed by atoms with van der Waals surface area (Å²) in [5, 5.41) is 13.3. The van der Waals surface area contributed by atoms with Gasteiger partial charge in [0.1, 0.15) is 5.01 Å². The molecule has 2 heterocycles. The average molecular weight is 309 g/mol. The molecule has 0 bridgehead atoms. The monoisotopic (exact) mass is 308 g/mol. The number of aromatic nitrogens is 4. The number of esters is 1. The molecule has 102 valence electrons. The summed E-state index contributed by atoms with van der Waals surface area (Å²) in [6, 6.07) is 7.36. The first kappa shape index (κ1) is 13.0. The lowest BCUT2D eigenvalue weighted by molar-refractivity contribution is 0.0509. The third-order valence-corrected chi connectivity index (χ3v) is 3.81. The first-order chi connectivity index (χ1) is 9.70. The average Bonchev–Trinajstić information content (AvgIpc) is 2.99. The van der Waals surface area contributed by atoms with Gasteiger partial charge in [0.05, 0.1) is 11.6 Å². The second-order valence-corrected chi connectivity index (χ2v) is 5.19. The van der Waals surface area contributed by atoms with Crippen LogP contribution in [-0.4, -0.2) is 32.4 Å². The molecule has 0 aliphatic heterocycles. The van der Waals surface area contributed by atoms with Crippen LogP contribution in [-0.2, 0) is 4.74 Å². The van der Waals surface area contributed by atoms with E-state index in [1.54, 1.807) is 13.0 Å². The van der Waals surface area contributed by atoms with E-state index >= 15 is 0 Å². The molecule has 2 aromatic heterocycles. The van der Waals surface area contributed by atoms with Crippen LogP contribution in [0, 0.1) is 0 Å². The summed E-state index contributed by atoms with van der Waals surface area (Å²) in [7, 11) is 0. The Labute approximate surface area is 123 Å². The quantitative estimate of drug-likeness (QED) is 0.696. The van der Waals surface area contributed by atoms with Gasteiger partial charge in [0.15, 0.2) is 0 Å². The topological polar surface area (TPSA) is 69.4 Å². The summed E-state index contributed by atoms with van der Waals surface area (Å²) in [6.07, 6.45) is 0. The smallest absolute Gasteiger partial charge is 0.378 e. The van der Waals surface area contributed by atoms with Crippen molar-refractivity contribution in [3.63, 3.8) is 0 Å². The fourth-order valence-electron chi connectivity index (χ4n) is 1.68. The lowest BCUT2D eigenvalue weighted by Gasteiger charge is -1.98. The van der Waals surface area contributed by atoms with Crippen LogP contribution in [0.4, 0.5) is 0 Å². The normalized spacial score (nSPS) is 10.9. The molecular weight excluding hydrogens is 300 g/mol. The van der Waals surface area contributed by atoms with E-state index in [0.717, 1.165) is 5.56 Å². The van der Waals surface area contributed by atoms with Crippen LogP contribution in [0.1, 0.15) is 17.5 Å². The van der Waals surface area contributed by atoms with E-state index in [4.69, 9.17) is 16.3 Å². The van der Waals surface area contributed by atoms with Gasteiger partial charge in [0, 0.05) is 5.56 Å². The Morgan fingerprint density at radius 1 is 1.40 bits per heavy atom. The van der Waals surface area contributed by atoms with Gasteiger partial charge in [-0.2, -0.15) is 9.61 Å². The highest BCUT2D eigenvalue weighted by Crippen LogP contribution is 2.30. The van der Waals surface area contributed by atoms with Crippen molar-refractivity contribution >= 4 is 33.9 Å². The molecular formula is C12H9ClN4O2S. The van der Waals surface area contributed by atoms with Crippen molar-refractivity contribution in [2.45, 2.75) is 6.92 Å². The Kier molecular flexibility index (Phi) is 3.37. The largest absolute Gasteiger partial charge is 0.460 e. The zero-order chi connectivity index (χ0) is 14.1. The van der Waals surface area contributed by atoms with Crippen LogP contribution in [0.2, 0.25) is 5.02 Å². The fraction of sp³-hybridized carbons (Fsp3) is 0.167. The molecule has 0 aliphatic carbocycles. The predicted molar refractivity (Wildman–Crippen MR) is 75.1 cm³/mol. The third-order valence-electron chi connectivity index (χ3n) is 2.55. The number of benzene rings is 1. The van der Waals surface area contributed by atoms with Crippen molar-refractivity contribution < 1.29 is 9.53 Å². The van der Waals surface area contributed by atoms with E-state index in [-0.39, 0.29) is 12.4 Å². The highest BCUT2D eigenvalue weighted by molar-refractivity contribution is 7.19. The maximum absolute atomic E-state index is 11.7. The van der Waals surface area contributed by atoms with Crippen molar-refractivity contribution in [3.8, 4) is 10.6 Å². The first-order valence-corrected chi connectivity index (χ1v) is 7.04. The number of ether oxygens (including phenoxy) is 1. The standard InChI is InChI=1S/C12H9ClN4O2S/c1-2-19-11(18)9-14-15-12-17(9)16-10(20-12)7-5-3-4-6-8(7)13/h3-6H,2H2,1H3. The number of nitrogens with zero attached hydrogens (tertiary/aromatic N) is 4. The molecule has 0 aliphatic rings. The number of rotatable bonds is 3. The van der Waals surface area contributed by atoms with Crippen LogP contribution in [0.3, 0.4) is 0 Å². The zero-order valence-electron chi connectivity index (χ0n) is 10.4. The van der Waals surface area contributed by atoms with Crippen molar-refractivity contribution in [2.75, 3.05) is 6.61 Å².